The number of aliphatic hydroxyl groups excluding tert-OH is 1. The van der Waals surface area contributed by atoms with Gasteiger partial charge in [-0.05, 0) is 55.4 Å². The van der Waals surface area contributed by atoms with Crippen molar-refractivity contribution in [1.29, 1.82) is 0 Å². The topological polar surface area (TPSA) is 41.5 Å². The Kier molecular flexibility index (Phi) is 3.50. The van der Waals surface area contributed by atoms with E-state index in [1.54, 1.807) is 7.11 Å². The summed E-state index contributed by atoms with van der Waals surface area (Å²) in [4.78, 5) is 0. The highest BCUT2D eigenvalue weighted by Gasteiger charge is 2.42. The van der Waals surface area contributed by atoms with Crippen LogP contribution >= 0.6 is 0 Å². The van der Waals surface area contributed by atoms with Crippen LogP contribution in [0.25, 0.3) is 0 Å². The van der Waals surface area contributed by atoms with Crippen LogP contribution in [-0.4, -0.2) is 31.4 Å². The van der Waals surface area contributed by atoms with Crippen LogP contribution in [0.15, 0.2) is 18.2 Å². The highest BCUT2D eigenvalue weighted by atomic mass is 16.5. The van der Waals surface area contributed by atoms with Gasteiger partial charge in [0.05, 0.1) is 7.11 Å². The quantitative estimate of drug-likeness (QED) is 0.851. The number of benzene rings is 1. The van der Waals surface area contributed by atoms with Crippen molar-refractivity contribution in [2.45, 2.75) is 38.1 Å². The van der Waals surface area contributed by atoms with Crippen molar-refractivity contribution in [3.63, 3.8) is 0 Å². The first-order valence-corrected chi connectivity index (χ1v) is 7.25. The summed E-state index contributed by atoms with van der Waals surface area (Å²) in [6.07, 6.45) is 5.76. The number of rotatable bonds is 5. The second kappa shape index (κ2) is 5.14. The molecule has 0 aliphatic heterocycles. The number of aliphatic hydroxyl groups is 1. The molecule has 1 atom stereocenters. The molecule has 0 bridgehead atoms. The van der Waals surface area contributed by atoms with Crippen LogP contribution in [0.2, 0.25) is 0 Å². The van der Waals surface area contributed by atoms with Crippen molar-refractivity contribution in [1.82, 2.24) is 5.32 Å². The zero-order valence-corrected chi connectivity index (χ0v) is 11.6. The van der Waals surface area contributed by atoms with Gasteiger partial charge in [-0.1, -0.05) is 6.07 Å². The number of hydrogen-bond donors (Lipinski definition) is 2. The van der Waals surface area contributed by atoms with Gasteiger partial charge in [-0.3, -0.25) is 0 Å². The van der Waals surface area contributed by atoms with E-state index >= 15 is 0 Å². The molecule has 3 nitrogen and oxygen atoms in total. The fraction of sp³-hybridized carbons (Fsp3) is 0.625. The molecule has 2 aliphatic carbocycles. The van der Waals surface area contributed by atoms with E-state index in [0.29, 0.717) is 12.6 Å². The van der Waals surface area contributed by atoms with Gasteiger partial charge in [0, 0.05) is 24.6 Å². The van der Waals surface area contributed by atoms with Gasteiger partial charge in [-0.25, -0.2) is 0 Å². The van der Waals surface area contributed by atoms with Crippen LogP contribution in [0.4, 0.5) is 0 Å². The molecule has 0 saturated heterocycles. The molecule has 1 fully saturated rings. The molecule has 1 aromatic carbocycles. The first kappa shape index (κ1) is 12.9. The molecule has 3 rings (SSSR count). The predicted octanol–water partition coefficient (Wildman–Crippen LogP) is 1.91. The normalized spacial score (nSPS) is 23.8. The fourth-order valence-corrected chi connectivity index (χ4v) is 2.96. The Morgan fingerprint density at radius 3 is 2.89 bits per heavy atom. The van der Waals surface area contributed by atoms with Gasteiger partial charge in [0.15, 0.2) is 0 Å². The van der Waals surface area contributed by atoms with Crippen LogP contribution in [0.5, 0.6) is 5.75 Å². The molecule has 104 valence electrons. The lowest BCUT2D eigenvalue weighted by Gasteiger charge is -2.27. The third kappa shape index (κ3) is 2.77. The van der Waals surface area contributed by atoms with Gasteiger partial charge in [-0.15, -0.1) is 0 Å². The van der Waals surface area contributed by atoms with Crippen molar-refractivity contribution in [3.05, 3.63) is 29.3 Å². The van der Waals surface area contributed by atoms with Crippen LogP contribution in [0.3, 0.4) is 0 Å². The van der Waals surface area contributed by atoms with E-state index < -0.39 is 0 Å². The number of aryl methyl sites for hydroxylation is 1. The molecule has 1 aromatic rings. The van der Waals surface area contributed by atoms with E-state index in [2.05, 4.69) is 23.5 Å². The molecule has 1 saturated carbocycles. The van der Waals surface area contributed by atoms with E-state index in [4.69, 9.17) is 4.74 Å². The van der Waals surface area contributed by atoms with Crippen LogP contribution in [0, 0.1) is 5.41 Å². The van der Waals surface area contributed by atoms with Crippen molar-refractivity contribution in [2.24, 2.45) is 5.41 Å². The maximum absolute atomic E-state index is 9.36. The van der Waals surface area contributed by atoms with Gasteiger partial charge >= 0.3 is 0 Å². The number of hydrogen-bond acceptors (Lipinski definition) is 3. The van der Waals surface area contributed by atoms with E-state index in [-0.39, 0.29) is 5.41 Å². The summed E-state index contributed by atoms with van der Waals surface area (Å²) >= 11 is 0. The molecule has 1 unspecified atom stereocenters. The van der Waals surface area contributed by atoms with Gasteiger partial charge in [0.25, 0.3) is 0 Å². The average molecular weight is 261 g/mol. The smallest absolute Gasteiger partial charge is 0.119 e. The van der Waals surface area contributed by atoms with Crippen LogP contribution in [0.1, 0.15) is 30.4 Å². The van der Waals surface area contributed by atoms with Crippen molar-refractivity contribution in [3.8, 4) is 5.75 Å². The Morgan fingerprint density at radius 1 is 1.37 bits per heavy atom. The van der Waals surface area contributed by atoms with E-state index in [1.807, 2.05) is 0 Å². The number of ether oxygens (including phenoxy) is 1. The van der Waals surface area contributed by atoms with Crippen molar-refractivity contribution >= 4 is 0 Å². The Labute approximate surface area is 115 Å². The Balaban J connectivity index is 1.61. The van der Waals surface area contributed by atoms with Crippen molar-refractivity contribution in [2.75, 3.05) is 20.3 Å². The zero-order valence-electron chi connectivity index (χ0n) is 11.6. The molecule has 19 heavy (non-hydrogen) atoms. The molecule has 2 N–H and O–H groups in total. The van der Waals surface area contributed by atoms with Gasteiger partial charge < -0.3 is 15.2 Å². The molecule has 0 heterocycles. The Morgan fingerprint density at radius 2 is 2.21 bits per heavy atom. The molecule has 0 spiro atoms. The van der Waals surface area contributed by atoms with E-state index in [0.717, 1.165) is 25.1 Å². The lowest BCUT2D eigenvalue weighted by Crippen LogP contribution is -2.39. The van der Waals surface area contributed by atoms with Gasteiger partial charge in [0.1, 0.15) is 5.75 Å². The van der Waals surface area contributed by atoms with Gasteiger partial charge in [-0.2, -0.15) is 0 Å². The summed E-state index contributed by atoms with van der Waals surface area (Å²) < 4.78 is 5.30. The minimum absolute atomic E-state index is 0.203. The lowest BCUT2D eigenvalue weighted by atomic mass is 9.88. The zero-order chi connectivity index (χ0) is 13.3. The largest absolute Gasteiger partial charge is 0.497 e. The Hall–Kier alpha value is -1.06. The third-order valence-electron chi connectivity index (χ3n) is 4.70. The predicted molar refractivity (Wildman–Crippen MR) is 75.6 cm³/mol. The minimum Gasteiger partial charge on any atom is -0.497 e. The fourth-order valence-electron chi connectivity index (χ4n) is 2.96. The summed E-state index contributed by atoms with van der Waals surface area (Å²) in [7, 11) is 1.72. The average Bonchev–Trinajstić information content (AvgIpc) is 3.25. The highest BCUT2D eigenvalue weighted by Crippen LogP contribution is 2.44. The lowest BCUT2D eigenvalue weighted by molar-refractivity contribution is 0.202. The maximum atomic E-state index is 9.36. The molecular formula is C16H23NO2. The standard InChI is InChI=1S/C16H23NO2/c1-19-15-5-3-12-2-4-14(8-13(12)9-15)17-10-16(11-18)6-7-16/h3,5,9,14,17-18H,2,4,6-8,10-11H2,1H3. The first-order chi connectivity index (χ1) is 9.24. The molecule has 3 heteroatoms. The maximum Gasteiger partial charge on any atom is 0.119 e. The first-order valence-electron chi connectivity index (χ1n) is 7.25. The molecule has 2 aliphatic rings. The minimum atomic E-state index is 0.203. The van der Waals surface area contributed by atoms with E-state index in [9.17, 15) is 5.11 Å². The third-order valence-corrected chi connectivity index (χ3v) is 4.70. The summed E-state index contributed by atoms with van der Waals surface area (Å²) in [6.45, 7) is 1.30. The summed E-state index contributed by atoms with van der Waals surface area (Å²) in [6, 6.07) is 6.96. The summed E-state index contributed by atoms with van der Waals surface area (Å²) in [5, 5.41) is 13.0. The number of fused-ring (bicyclic) bond motifs is 1. The molecule has 0 radical (unpaired) electrons. The van der Waals surface area contributed by atoms with Crippen LogP contribution in [-0.2, 0) is 12.8 Å². The summed E-state index contributed by atoms with van der Waals surface area (Å²) in [5.41, 5.74) is 3.08. The number of methoxy groups -OCH3 is 1. The second-order valence-electron chi connectivity index (χ2n) is 6.11. The Bertz CT molecular complexity index is 454. The van der Waals surface area contributed by atoms with Crippen LogP contribution < -0.4 is 10.1 Å². The van der Waals surface area contributed by atoms with E-state index in [1.165, 1.54) is 30.4 Å². The highest BCUT2D eigenvalue weighted by molar-refractivity contribution is 5.37. The second-order valence-corrected chi connectivity index (χ2v) is 6.11. The SMILES string of the molecule is COc1ccc2c(c1)CC(NCC1(CO)CC1)CC2. The molecule has 0 aromatic heterocycles. The number of nitrogens with one attached hydrogen (secondary N) is 1. The summed E-state index contributed by atoms with van der Waals surface area (Å²) in [5.74, 6) is 0.952. The van der Waals surface area contributed by atoms with Crippen molar-refractivity contribution < 1.29 is 9.84 Å². The van der Waals surface area contributed by atoms with Gasteiger partial charge in [0.2, 0.25) is 0 Å². The monoisotopic (exact) mass is 261 g/mol. The molecule has 0 amide bonds. The molecular weight excluding hydrogens is 238 g/mol.